The van der Waals surface area contributed by atoms with Crippen LogP contribution in [0.2, 0.25) is 0 Å². The number of hydrogen-bond acceptors (Lipinski definition) is 3. The van der Waals surface area contributed by atoms with Crippen LogP contribution >= 0.6 is 0 Å². The van der Waals surface area contributed by atoms with Gasteiger partial charge in [-0.1, -0.05) is 0 Å². The Morgan fingerprint density at radius 2 is 1.83 bits per heavy atom. The van der Waals surface area contributed by atoms with Crippen LogP contribution in [0.25, 0.3) is 0 Å². The van der Waals surface area contributed by atoms with E-state index in [-0.39, 0.29) is 28.8 Å². The summed E-state index contributed by atoms with van der Waals surface area (Å²) >= 11 is 0. The number of phenolic OH excluding ortho intramolecular Hbond substituents is 1. The van der Waals surface area contributed by atoms with Crippen LogP contribution in [0.1, 0.15) is 10.4 Å². The van der Waals surface area contributed by atoms with Gasteiger partial charge in [0.25, 0.3) is 0 Å². The average Bonchev–Trinajstić information content (AvgIpc) is 2.05. The van der Waals surface area contributed by atoms with Crippen molar-refractivity contribution in [1.82, 2.24) is 0 Å². The molecule has 1 aromatic rings. The second-order valence-electron chi connectivity index (χ2n) is 2.04. The number of ether oxygens (including phenoxy) is 1. The molecule has 12 heavy (non-hydrogen) atoms. The summed E-state index contributed by atoms with van der Waals surface area (Å²) < 4.78 is 4.46. The fourth-order valence-corrected chi connectivity index (χ4v) is 0.715. The fraction of sp³-hybridized carbons (Fsp3) is 0.125. The third kappa shape index (κ3) is 2.71. The Labute approximate surface area is 86.5 Å². The normalized spacial score (nSPS) is 8.42. The van der Waals surface area contributed by atoms with Crippen molar-refractivity contribution < 1.29 is 14.6 Å². The first-order chi connectivity index (χ1) is 5.24. The number of carbonyl (C=O) groups is 1. The van der Waals surface area contributed by atoms with Gasteiger partial charge >= 0.3 is 5.97 Å². The largest absolute Gasteiger partial charge is 0.508 e. The highest BCUT2D eigenvalue weighted by Gasteiger charge is 2.02. The third-order valence-corrected chi connectivity index (χ3v) is 1.29. The molecule has 0 fully saturated rings. The van der Waals surface area contributed by atoms with Gasteiger partial charge in [0.15, 0.2) is 0 Å². The first-order valence-corrected chi connectivity index (χ1v) is 3.11. The highest BCUT2D eigenvalue weighted by molar-refractivity contribution is 5.89. The molecule has 0 unspecified atom stereocenters. The van der Waals surface area contributed by atoms with Crippen molar-refractivity contribution in [3.8, 4) is 5.75 Å². The predicted octanol–water partition coefficient (Wildman–Crippen LogP) is 0.798. The molecule has 0 saturated heterocycles. The van der Waals surface area contributed by atoms with Crippen molar-refractivity contribution in [3.63, 3.8) is 0 Å². The van der Waals surface area contributed by atoms with Gasteiger partial charge in [-0.2, -0.15) is 0 Å². The summed E-state index contributed by atoms with van der Waals surface area (Å²) in [4.78, 5) is 10.8. The first-order valence-electron chi connectivity index (χ1n) is 3.11. The Bertz CT molecular complexity index is 256. The van der Waals surface area contributed by atoms with E-state index in [1.54, 1.807) is 0 Å². The number of benzene rings is 1. The Morgan fingerprint density at radius 1 is 1.33 bits per heavy atom. The molecule has 1 N–H and O–H groups in total. The monoisotopic (exact) mass is 176 g/mol. The van der Waals surface area contributed by atoms with Crippen LogP contribution in [-0.2, 0) is 4.74 Å². The van der Waals surface area contributed by atoms with Crippen LogP contribution in [0.15, 0.2) is 24.3 Å². The lowest BCUT2D eigenvalue weighted by atomic mass is 10.2. The van der Waals surface area contributed by atoms with E-state index in [2.05, 4.69) is 4.74 Å². The Kier molecular flexibility index (Phi) is 4.69. The molecule has 0 bridgehead atoms. The highest BCUT2D eigenvalue weighted by Crippen LogP contribution is 2.09. The summed E-state index contributed by atoms with van der Waals surface area (Å²) in [6, 6.07) is 5.88. The minimum absolute atomic E-state index is 0. The quantitative estimate of drug-likeness (QED) is 0.509. The van der Waals surface area contributed by atoms with Gasteiger partial charge < -0.3 is 9.84 Å². The van der Waals surface area contributed by atoms with Crippen LogP contribution in [0.3, 0.4) is 0 Å². The van der Waals surface area contributed by atoms with Crippen LogP contribution in [-0.4, -0.2) is 41.2 Å². The van der Waals surface area contributed by atoms with Crippen molar-refractivity contribution in [2.24, 2.45) is 0 Å². The van der Waals surface area contributed by atoms with Gasteiger partial charge in [0.1, 0.15) is 5.75 Å². The molecule has 0 atom stereocenters. The zero-order chi connectivity index (χ0) is 8.27. The lowest BCUT2D eigenvalue weighted by Crippen LogP contribution is -1.99. The number of methoxy groups -OCH3 is 1. The summed E-state index contributed by atoms with van der Waals surface area (Å²) in [6.45, 7) is 0. The minimum Gasteiger partial charge on any atom is -0.508 e. The highest BCUT2D eigenvalue weighted by atomic mass is 24.3. The van der Waals surface area contributed by atoms with Crippen LogP contribution < -0.4 is 0 Å². The lowest BCUT2D eigenvalue weighted by molar-refractivity contribution is 0.0601. The topological polar surface area (TPSA) is 46.5 Å². The lowest BCUT2D eigenvalue weighted by Gasteiger charge is -1.97. The van der Waals surface area contributed by atoms with Crippen LogP contribution in [0, 0.1) is 0 Å². The number of hydrogen-bond donors (Lipinski definition) is 1. The van der Waals surface area contributed by atoms with E-state index in [1.807, 2.05) is 0 Å². The second kappa shape index (κ2) is 5.00. The van der Waals surface area contributed by atoms with E-state index in [1.165, 1.54) is 31.4 Å². The van der Waals surface area contributed by atoms with E-state index in [9.17, 15) is 4.79 Å². The number of carbonyl (C=O) groups excluding carboxylic acids is 1. The van der Waals surface area contributed by atoms with Crippen molar-refractivity contribution in [2.75, 3.05) is 7.11 Å². The van der Waals surface area contributed by atoms with Gasteiger partial charge in [0.05, 0.1) is 12.7 Å². The zero-order valence-electron chi connectivity index (χ0n) is 6.78. The summed E-state index contributed by atoms with van der Waals surface area (Å²) in [5.41, 5.74) is 0.435. The van der Waals surface area contributed by atoms with E-state index in [0.717, 1.165) is 0 Å². The van der Waals surface area contributed by atoms with E-state index >= 15 is 0 Å². The summed E-state index contributed by atoms with van der Waals surface area (Å²) in [5.74, 6) is -0.261. The molecule has 0 aromatic heterocycles. The number of aromatic hydroxyl groups is 1. The molecule has 1 rings (SSSR count). The first kappa shape index (κ1) is 11.3. The number of phenols is 1. The van der Waals surface area contributed by atoms with E-state index in [4.69, 9.17) is 5.11 Å². The van der Waals surface area contributed by atoms with Crippen LogP contribution in [0.5, 0.6) is 5.75 Å². The predicted molar refractivity (Wildman–Crippen MR) is 45.2 cm³/mol. The van der Waals surface area contributed by atoms with Gasteiger partial charge in [-0.25, -0.2) is 4.79 Å². The summed E-state index contributed by atoms with van der Waals surface area (Å²) in [5, 5.41) is 8.86. The van der Waals surface area contributed by atoms with E-state index in [0.29, 0.717) is 5.56 Å². The molecular weight excluding hydrogens is 168 g/mol. The molecule has 0 aliphatic carbocycles. The average molecular weight is 176 g/mol. The molecule has 0 saturated carbocycles. The molecule has 0 aliphatic heterocycles. The smallest absolute Gasteiger partial charge is 0.337 e. The van der Waals surface area contributed by atoms with E-state index < -0.39 is 5.97 Å². The van der Waals surface area contributed by atoms with Gasteiger partial charge in [-0.3, -0.25) is 0 Å². The Balaban J connectivity index is 0.00000121. The zero-order valence-corrected chi connectivity index (χ0v) is 8.19. The van der Waals surface area contributed by atoms with Gasteiger partial charge in [0, 0.05) is 23.1 Å². The Hall–Kier alpha value is -0.744. The molecule has 2 radical (unpaired) electrons. The van der Waals surface area contributed by atoms with Crippen molar-refractivity contribution in [3.05, 3.63) is 29.8 Å². The van der Waals surface area contributed by atoms with Gasteiger partial charge in [0.2, 0.25) is 0 Å². The standard InChI is InChI=1S/C8H8O3.Mg/c1-11-8(10)6-2-4-7(9)5-3-6;/h2-5,9H,1H3;. The molecule has 60 valence electrons. The van der Waals surface area contributed by atoms with Crippen molar-refractivity contribution in [1.29, 1.82) is 0 Å². The van der Waals surface area contributed by atoms with Gasteiger partial charge in [-0.15, -0.1) is 0 Å². The molecule has 3 nitrogen and oxygen atoms in total. The molecule has 1 aromatic carbocycles. The fourth-order valence-electron chi connectivity index (χ4n) is 0.715. The summed E-state index contributed by atoms with van der Waals surface area (Å²) in [6.07, 6.45) is 0. The summed E-state index contributed by atoms with van der Waals surface area (Å²) in [7, 11) is 1.31. The SMILES string of the molecule is COC(=O)c1ccc(O)cc1.[Mg]. The van der Waals surface area contributed by atoms with Crippen molar-refractivity contribution in [2.45, 2.75) is 0 Å². The minimum atomic E-state index is -0.398. The third-order valence-electron chi connectivity index (χ3n) is 1.29. The molecular formula is C8H8MgO3. The molecule has 0 spiro atoms. The number of rotatable bonds is 1. The Morgan fingerprint density at radius 3 is 2.25 bits per heavy atom. The second-order valence-corrected chi connectivity index (χ2v) is 2.04. The molecule has 0 amide bonds. The van der Waals surface area contributed by atoms with Gasteiger partial charge in [-0.05, 0) is 24.3 Å². The van der Waals surface area contributed by atoms with Crippen molar-refractivity contribution >= 4 is 29.0 Å². The molecule has 0 aliphatic rings. The van der Waals surface area contributed by atoms with Crippen LogP contribution in [0.4, 0.5) is 0 Å². The maximum atomic E-state index is 10.8. The molecule has 4 heteroatoms. The molecule has 0 heterocycles. The maximum absolute atomic E-state index is 10.8. The maximum Gasteiger partial charge on any atom is 0.337 e. The number of esters is 1.